The summed E-state index contributed by atoms with van der Waals surface area (Å²) in [6.07, 6.45) is 12.6. The van der Waals surface area contributed by atoms with Crippen molar-refractivity contribution in [3.63, 3.8) is 0 Å². The lowest BCUT2D eigenvalue weighted by Crippen LogP contribution is -2.25. The van der Waals surface area contributed by atoms with Crippen molar-refractivity contribution in [2.24, 2.45) is 11.8 Å². The Morgan fingerprint density at radius 3 is 2.29 bits per heavy atom. The van der Waals surface area contributed by atoms with Crippen LogP contribution in [0.4, 0.5) is 8.78 Å². The van der Waals surface area contributed by atoms with E-state index < -0.39 is 5.83 Å². The second-order valence-electron chi connectivity index (χ2n) is 8.49. The molecular weight excluding hydrogens is 356 g/mol. The predicted molar refractivity (Wildman–Crippen MR) is 107 cm³/mol. The van der Waals surface area contributed by atoms with Crippen molar-refractivity contribution in [1.82, 2.24) is 0 Å². The van der Waals surface area contributed by atoms with Crippen LogP contribution in [0.1, 0.15) is 75.7 Å². The minimum atomic E-state index is -0.661. The molecule has 2 aliphatic carbocycles. The van der Waals surface area contributed by atoms with Gasteiger partial charge in [0.25, 0.3) is 0 Å². The summed E-state index contributed by atoms with van der Waals surface area (Å²) < 4.78 is 32.1. The molecule has 0 unspecified atom stereocenters. The molecule has 2 aliphatic rings. The van der Waals surface area contributed by atoms with Gasteiger partial charge in [0, 0.05) is 6.61 Å². The molecule has 152 valence electrons. The van der Waals surface area contributed by atoms with E-state index in [9.17, 15) is 8.78 Å². The fourth-order valence-corrected chi connectivity index (χ4v) is 4.75. The average Bonchev–Trinajstić information content (AvgIpc) is 2.74. The van der Waals surface area contributed by atoms with Gasteiger partial charge in [-0.1, -0.05) is 12.1 Å². The molecule has 28 heavy (non-hydrogen) atoms. The molecule has 0 spiro atoms. The van der Waals surface area contributed by atoms with Gasteiger partial charge in [0.05, 0.1) is 6.10 Å². The van der Waals surface area contributed by atoms with Gasteiger partial charge in [-0.05, 0) is 106 Å². The van der Waals surface area contributed by atoms with E-state index in [-0.39, 0.29) is 5.82 Å². The van der Waals surface area contributed by atoms with Crippen LogP contribution >= 0.6 is 0 Å². The maximum Gasteiger partial charge on any atom is 0.196 e. The lowest BCUT2D eigenvalue weighted by molar-refractivity contribution is -0.00824. The van der Waals surface area contributed by atoms with Crippen molar-refractivity contribution < 1.29 is 13.5 Å². The van der Waals surface area contributed by atoms with Gasteiger partial charge in [0.2, 0.25) is 0 Å². The summed E-state index contributed by atoms with van der Waals surface area (Å²) in [7, 11) is 0. The molecule has 1 aromatic rings. The molecule has 0 radical (unpaired) electrons. The Bertz CT molecular complexity index is 663. The van der Waals surface area contributed by atoms with Crippen LogP contribution in [0.5, 0.6) is 0 Å². The molecule has 0 amide bonds. The standard InChI is InChI=1S/C24H31F2NO/c25-22-12-10-21(11-13-22)20-8-4-19(5-9-20)17-28-24-14-6-18(7-15-24)2-1-3-23(26)16-27/h3,10-13,18-20,24H,1-2,4-9,14-15,17H2/b23-3-/t18-,19-,20-,24-. The highest BCUT2D eigenvalue weighted by atomic mass is 19.1. The van der Waals surface area contributed by atoms with Gasteiger partial charge in [0.15, 0.2) is 5.83 Å². The van der Waals surface area contributed by atoms with Crippen LogP contribution in [0.15, 0.2) is 36.2 Å². The fourth-order valence-electron chi connectivity index (χ4n) is 4.75. The number of nitriles is 1. The third-order valence-electron chi connectivity index (χ3n) is 6.55. The van der Waals surface area contributed by atoms with Gasteiger partial charge < -0.3 is 4.74 Å². The number of allylic oxidation sites excluding steroid dienone is 2. The van der Waals surface area contributed by atoms with Crippen LogP contribution in [0.25, 0.3) is 0 Å². The summed E-state index contributed by atoms with van der Waals surface area (Å²) in [4.78, 5) is 0. The monoisotopic (exact) mass is 387 g/mol. The first-order chi connectivity index (χ1) is 13.6. The Labute approximate surface area is 167 Å². The Balaban J connectivity index is 1.30. The number of halogens is 2. The smallest absolute Gasteiger partial charge is 0.196 e. The van der Waals surface area contributed by atoms with Crippen molar-refractivity contribution in [1.29, 1.82) is 5.26 Å². The molecule has 2 saturated carbocycles. The normalized spacial score (nSPS) is 28.7. The molecule has 2 nitrogen and oxygen atoms in total. The zero-order chi connectivity index (χ0) is 19.8. The molecule has 0 bridgehead atoms. The lowest BCUT2D eigenvalue weighted by Gasteiger charge is -2.32. The third kappa shape index (κ3) is 6.41. The van der Waals surface area contributed by atoms with Crippen LogP contribution in [-0.4, -0.2) is 12.7 Å². The van der Waals surface area contributed by atoms with Crippen molar-refractivity contribution in [3.8, 4) is 6.07 Å². The second-order valence-corrected chi connectivity index (χ2v) is 8.49. The minimum absolute atomic E-state index is 0.161. The summed E-state index contributed by atoms with van der Waals surface area (Å²) in [6, 6.07) is 8.53. The average molecular weight is 388 g/mol. The largest absolute Gasteiger partial charge is 0.378 e. The summed E-state index contributed by atoms with van der Waals surface area (Å²) in [6.45, 7) is 0.863. The summed E-state index contributed by atoms with van der Waals surface area (Å²) in [5.74, 6) is 1.02. The molecule has 0 aliphatic heterocycles. The van der Waals surface area contributed by atoms with Crippen LogP contribution < -0.4 is 0 Å². The van der Waals surface area contributed by atoms with E-state index in [1.54, 1.807) is 12.1 Å². The van der Waals surface area contributed by atoms with Crippen LogP contribution in [0, 0.1) is 29.0 Å². The van der Waals surface area contributed by atoms with Crippen molar-refractivity contribution in [3.05, 3.63) is 47.5 Å². The second kappa shape index (κ2) is 10.7. The molecule has 0 atom stereocenters. The molecule has 4 heteroatoms. The highest BCUT2D eigenvalue weighted by molar-refractivity contribution is 5.20. The SMILES string of the molecule is N#C/C(F)=C/CC[C@H]1CC[C@H](OC[C@H]2CC[C@H](c3ccc(F)cc3)CC2)CC1. The van der Waals surface area contributed by atoms with E-state index in [2.05, 4.69) is 0 Å². The maximum atomic E-state index is 13.1. The molecule has 0 heterocycles. The number of rotatable bonds is 7. The first-order valence-electron chi connectivity index (χ1n) is 10.8. The first kappa shape index (κ1) is 21.0. The Kier molecular flexibility index (Phi) is 8.03. The summed E-state index contributed by atoms with van der Waals surface area (Å²) >= 11 is 0. The minimum Gasteiger partial charge on any atom is -0.378 e. The van der Waals surface area contributed by atoms with Crippen molar-refractivity contribution in [2.45, 2.75) is 76.2 Å². The maximum absolute atomic E-state index is 13.1. The molecular formula is C24H31F2NO. The highest BCUT2D eigenvalue weighted by Crippen LogP contribution is 2.37. The first-order valence-corrected chi connectivity index (χ1v) is 10.8. The van der Waals surface area contributed by atoms with Crippen LogP contribution in [0.2, 0.25) is 0 Å². The molecule has 3 rings (SSSR count). The number of hydrogen-bond acceptors (Lipinski definition) is 2. The van der Waals surface area contributed by atoms with Gasteiger partial charge in [-0.2, -0.15) is 9.65 Å². The molecule has 0 N–H and O–H groups in total. The zero-order valence-corrected chi connectivity index (χ0v) is 16.6. The van der Waals surface area contributed by atoms with Crippen LogP contribution in [0.3, 0.4) is 0 Å². The van der Waals surface area contributed by atoms with Crippen molar-refractivity contribution >= 4 is 0 Å². The molecule has 2 fully saturated rings. The van der Waals surface area contributed by atoms with Crippen LogP contribution in [-0.2, 0) is 4.74 Å². The van der Waals surface area contributed by atoms with Gasteiger partial charge in [0.1, 0.15) is 11.9 Å². The Hall–Kier alpha value is -1.73. The summed E-state index contributed by atoms with van der Waals surface area (Å²) in [5, 5.41) is 8.43. The third-order valence-corrected chi connectivity index (χ3v) is 6.55. The number of hydrogen-bond donors (Lipinski definition) is 0. The Morgan fingerprint density at radius 1 is 1.00 bits per heavy atom. The molecule has 0 aromatic heterocycles. The molecule has 0 saturated heterocycles. The van der Waals surface area contributed by atoms with E-state index >= 15 is 0 Å². The van der Waals surface area contributed by atoms with Crippen molar-refractivity contribution in [2.75, 3.05) is 6.61 Å². The van der Waals surface area contributed by atoms with E-state index in [4.69, 9.17) is 10.00 Å². The van der Waals surface area contributed by atoms with E-state index in [1.807, 2.05) is 12.1 Å². The Morgan fingerprint density at radius 2 is 1.64 bits per heavy atom. The predicted octanol–water partition coefficient (Wildman–Crippen LogP) is 6.83. The van der Waals surface area contributed by atoms with Gasteiger partial charge in [-0.15, -0.1) is 0 Å². The fraction of sp³-hybridized carbons (Fsp3) is 0.625. The quantitative estimate of drug-likeness (QED) is 0.480. The summed E-state index contributed by atoms with van der Waals surface area (Å²) in [5.41, 5.74) is 1.27. The van der Waals surface area contributed by atoms with Gasteiger partial charge in [-0.25, -0.2) is 4.39 Å². The lowest BCUT2D eigenvalue weighted by atomic mass is 9.79. The van der Waals surface area contributed by atoms with E-state index in [0.29, 0.717) is 30.3 Å². The topological polar surface area (TPSA) is 33.0 Å². The number of nitrogens with zero attached hydrogens (tertiary/aromatic N) is 1. The zero-order valence-electron chi connectivity index (χ0n) is 16.6. The number of ether oxygens (including phenoxy) is 1. The number of benzene rings is 1. The molecule has 1 aromatic carbocycles. The van der Waals surface area contributed by atoms with Gasteiger partial charge in [-0.3, -0.25) is 0 Å². The van der Waals surface area contributed by atoms with E-state index in [0.717, 1.165) is 38.7 Å². The van der Waals surface area contributed by atoms with E-state index in [1.165, 1.54) is 43.4 Å². The highest BCUT2D eigenvalue weighted by Gasteiger charge is 2.25. The van der Waals surface area contributed by atoms with Gasteiger partial charge >= 0.3 is 0 Å².